The molecular formula is C10H7F5N6O4. The van der Waals surface area contributed by atoms with Crippen molar-refractivity contribution in [3.8, 4) is 11.7 Å². The summed E-state index contributed by atoms with van der Waals surface area (Å²) in [6.07, 6.45) is -4.76. The topological polar surface area (TPSA) is 117 Å². The SMILES string of the molecule is Cn1nc(-n2ncc([N+](=O)[O-])c2NC(=O)C(F)(F)F)cc1OC(F)F. The Bertz CT molecular complexity index is 813. The van der Waals surface area contributed by atoms with E-state index in [9.17, 15) is 36.9 Å². The van der Waals surface area contributed by atoms with Gasteiger partial charge in [-0.25, -0.2) is 4.68 Å². The van der Waals surface area contributed by atoms with Crippen molar-refractivity contribution in [1.29, 1.82) is 0 Å². The number of halogens is 5. The quantitative estimate of drug-likeness (QED) is 0.486. The van der Waals surface area contributed by atoms with Crippen LogP contribution >= 0.6 is 0 Å². The van der Waals surface area contributed by atoms with Crippen molar-refractivity contribution in [3.63, 3.8) is 0 Å². The molecule has 0 aliphatic carbocycles. The van der Waals surface area contributed by atoms with Crippen molar-refractivity contribution in [2.45, 2.75) is 12.8 Å². The normalized spacial score (nSPS) is 11.6. The number of alkyl halides is 5. The first-order valence-corrected chi connectivity index (χ1v) is 6.10. The molecule has 0 spiro atoms. The molecule has 25 heavy (non-hydrogen) atoms. The summed E-state index contributed by atoms with van der Waals surface area (Å²) in [5.74, 6) is -4.33. The van der Waals surface area contributed by atoms with Crippen molar-refractivity contribution < 1.29 is 36.4 Å². The van der Waals surface area contributed by atoms with E-state index in [4.69, 9.17) is 0 Å². The maximum absolute atomic E-state index is 12.4. The maximum atomic E-state index is 12.4. The lowest BCUT2D eigenvalue weighted by atomic mass is 10.4. The fourth-order valence-electron chi connectivity index (χ4n) is 1.68. The van der Waals surface area contributed by atoms with Gasteiger partial charge in [-0.15, -0.1) is 5.10 Å². The van der Waals surface area contributed by atoms with Crippen LogP contribution in [-0.4, -0.2) is 43.2 Å². The number of ether oxygens (including phenoxy) is 1. The minimum atomic E-state index is -5.32. The lowest BCUT2D eigenvalue weighted by Crippen LogP contribution is -2.31. The molecule has 0 aliphatic rings. The van der Waals surface area contributed by atoms with Gasteiger partial charge >= 0.3 is 24.4 Å². The highest BCUT2D eigenvalue weighted by Crippen LogP contribution is 2.29. The zero-order valence-corrected chi connectivity index (χ0v) is 12.0. The monoisotopic (exact) mass is 370 g/mol. The highest BCUT2D eigenvalue weighted by Gasteiger charge is 2.41. The summed E-state index contributed by atoms with van der Waals surface area (Å²) in [5, 5.41) is 19.3. The Morgan fingerprint density at radius 2 is 2.08 bits per heavy atom. The van der Waals surface area contributed by atoms with Gasteiger partial charge in [0.05, 0.1) is 4.92 Å². The highest BCUT2D eigenvalue weighted by molar-refractivity contribution is 5.96. The van der Waals surface area contributed by atoms with Gasteiger partial charge in [0.1, 0.15) is 6.20 Å². The predicted molar refractivity (Wildman–Crippen MR) is 68.3 cm³/mol. The fraction of sp³-hybridized carbons (Fsp3) is 0.300. The van der Waals surface area contributed by atoms with Crippen LogP contribution in [0.1, 0.15) is 0 Å². The molecule has 2 aromatic heterocycles. The van der Waals surface area contributed by atoms with Crippen LogP contribution in [0.4, 0.5) is 33.5 Å². The molecule has 0 unspecified atom stereocenters. The van der Waals surface area contributed by atoms with Gasteiger partial charge in [0.2, 0.25) is 11.7 Å². The smallest absolute Gasteiger partial charge is 0.417 e. The van der Waals surface area contributed by atoms with Gasteiger partial charge in [-0.3, -0.25) is 20.2 Å². The number of amides is 1. The molecule has 0 radical (unpaired) electrons. The Hall–Kier alpha value is -3.26. The van der Waals surface area contributed by atoms with E-state index < -0.39 is 46.8 Å². The van der Waals surface area contributed by atoms with Crippen LogP contribution in [0.2, 0.25) is 0 Å². The second-order valence-corrected chi connectivity index (χ2v) is 4.34. The van der Waals surface area contributed by atoms with Crippen LogP contribution in [0.5, 0.6) is 5.88 Å². The molecule has 1 amide bonds. The first-order valence-electron chi connectivity index (χ1n) is 6.10. The molecule has 1 N–H and O–H groups in total. The van der Waals surface area contributed by atoms with E-state index in [2.05, 4.69) is 14.9 Å². The van der Waals surface area contributed by atoms with Crippen LogP contribution in [0.15, 0.2) is 12.3 Å². The fourth-order valence-corrected chi connectivity index (χ4v) is 1.68. The number of hydrogen-bond acceptors (Lipinski definition) is 6. The third-order valence-corrected chi connectivity index (χ3v) is 2.69. The average molecular weight is 370 g/mol. The van der Waals surface area contributed by atoms with Crippen molar-refractivity contribution in [2.75, 3.05) is 5.32 Å². The molecule has 0 bridgehead atoms. The summed E-state index contributed by atoms with van der Waals surface area (Å²) in [6.45, 7) is -3.21. The average Bonchev–Trinajstić information content (AvgIpc) is 3.01. The van der Waals surface area contributed by atoms with E-state index in [1.165, 1.54) is 12.4 Å². The van der Waals surface area contributed by atoms with Crippen LogP contribution in [0, 0.1) is 10.1 Å². The first kappa shape index (κ1) is 18.1. The molecule has 10 nitrogen and oxygen atoms in total. The molecule has 15 heteroatoms. The Balaban J connectivity index is 2.48. The Labute approximate surface area is 133 Å². The third-order valence-electron chi connectivity index (χ3n) is 2.69. The number of rotatable bonds is 5. The predicted octanol–water partition coefficient (Wildman–Crippen LogP) is 1.62. The highest BCUT2D eigenvalue weighted by atomic mass is 19.4. The van der Waals surface area contributed by atoms with Crippen molar-refractivity contribution in [3.05, 3.63) is 22.4 Å². The van der Waals surface area contributed by atoms with Gasteiger partial charge in [-0.1, -0.05) is 0 Å². The molecule has 0 saturated carbocycles. The maximum Gasteiger partial charge on any atom is 0.471 e. The summed E-state index contributed by atoms with van der Waals surface area (Å²) in [4.78, 5) is 20.9. The van der Waals surface area contributed by atoms with Crippen LogP contribution in [0.3, 0.4) is 0 Å². The van der Waals surface area contributed by atoms with Crippen LogP contribution in [0.25, 0.3) is 5.82 Å². The summed E-state index contributed by atoms with van der Waals surface area (Å²) in [6, 6.07) is 0.839. The van der Waals surface area contributed by atoms with Crippen LogP contribution < -0.4 is 10.1 Å². The van der Waals surface area contributed by atoms with Crippen molar-refractivity contribution in [2.24, 2.45) is 7.05 Å². The van der Waals surface area contributed by atoms with E-state index in [0.29, 0.717) is 10.9 Å². The number of carbonyl (C=O) groups is 1. The molecular weight excluding hydrogens is 363 g/mol. The molecule has 2 heterocycles. The molecule has 2 rings (SSSR count). The van der Waals surface area contributed by atoms with E-state index >= 15 is 0 Å². The first-order chi connectivity index (χ1) is 11.5. The second-order valence-electron chi connectivity index (χ2n) is 4.34. The molecule has 0 aromatic carbocycles. The standard InChI is InChI=1S/C10H7F5N6O4/c1-19-6(25-9(11)12)2-5(18-19)20-7(4(3-16-20)21(23)24)17-8(22)10(13,14)15/h2-3,9H,1H3,(H,17,22). The minimum absolute atomic E-state index is 0.399. The molecule has 0 atom stereocenters. The largest absolute Gasteiger partial charge is 0.471 e. The van der Waals surface area contributed by atoms with Gasteiger partial charge in [-0.2, -0.15) is 31.7 Å². The zero-order valence-electron chi connectivity index (χ0n) is 12.0. The molecule has 0 aliphatic heterocycles. The van der Waals surface area contributed by atoms with Crippen molar-refractivity contribution >= 4 is 17.4 Å². The molecule has 136 valence electrons. The Kier molecular flexibility index (Phi) is 4.58. The van der Waals surface area contributed by atoms with E-state index in [1.807, 2.05) is 0 Å². The van der Waals surface area contributed by atoms with Gasteiger partial charge in [0.25, 0.3) is 0 Å². The summed E-state index contributed by atoms with van der Waals surface area (Å²) in [5.41, 5.74) is -0.959. The number of nitrogens with one attached hydrogen (secondary N) is 1. The third kappa shape index (κ3) is 3.81. The number of aryl methyl sites for hydroxylation is 1. The van der Waals surface area contributed by atoms with E-state index in [-0.39, 0.29) is 0 Å². The lowest BCUT2D eigenvalue weighted by Gasteiger charge is -2.08. The number of hydrogen-bond donors (Lipinski definition) is 1. The Morgan fingerprint density at radius 1 is 1.44 bits per heavy atom. The number of nitro groups is 1. The zero-order chi connectivity index (χ0) is 18.9. The number of anilines is 1. The van der Waals surface area contributed by atoms with Gasteiger partial charge in [0, 0.05) is 13.1 Å². The van der Waals surface area contributed by atoms with Gasteiger partial charge in [-0.05, 0) is 0 Å². The van der Waals surface area contributed by atoms with Gasteiger partial charge in [0.15, 0.2) is 5.82 Å². The van der Waals surface area contributed by atoms with Gasteiger partial charge < -0.3 is 4.74 Å². The summed E-state index contributed by atoms with van der Waals surface area (Å²) < 4.78 is 67.0. The second kappa shape index (κ2) is 6.33. The van der Waals surface area contributed by atoms with Crippen LogP contribution in [-0.2, 0) is 11.8 Å². The minimum Gasteiger partial charge on any atom is -0.417 e. The molecule has 0 saturated heterocycles. The number of carbonyl (C=O) groups excluding carboxylic acids is 1. The lowest BCUT2D eigenvalue weighted by molar-refractivity contribution is -0.384. The van der Waals surface area contributed by atoms with E-state index in [0.717, 1.165) is 10.7 Å². The number of nitrogens with zero attached hydrogens (tertiary/aromatic N) is 5. The van der Waals surface area contributed by atoms with E-state index in [1.54, 1.807) is 0 Å². The van der Waals surface area contributed by atoms with Crippen molar-refractivity contribution in [1.82, 2.24) is 19.6 Å². The molecule has 0 fully saturated rings. The Morgan fingerprint density at radius 3 is 2.60 bits per heavy atom. The summed E-state index contributed by atoms with van der Waals surface area (Å²) in [7, 11) is 1.17. The molecule has 2 aromatic rings. The number of aromatic nitrogens is 4. The summed E-state index contributed by atoms with van der Waals surface area (Å²) >= 11 is 0.